The van der Waals surface area contributed by atoms with Gasteiger partial charge in [0.15, 0.2) is 0 Å². The molecular weight excluding hydrogens is 224 g/mol. The first-order valence-corrected chi connectivity index (χ1v) is 6.26. The molecule has 1 aliphatic carbocycles. The molecule has 0 amide bonds. The van der Waals surface area contributed by atoms with E-state index in [4.69, 9.17) is 4.74 Å². The summed E-state index contributed by atoms with van der Waals surface area (Å²) in [6.07, 6.45) is 1.99. The summed E-state index contributed by atoms with van der Waals surface area (Å²) in [5.74, 6) is 0.901. The second-order valence-corrected chi connectivity index (χ2v) is 5.36. The summed E-state index contributed by atoms with van der Waals surface area (Å²) in [6, 6.07) is 8.89. The Hall–Kier alpha value is -1.53. The molecule has 0 aromatic heterocycles. The molecule has 1 saturated carbocycles. The highest BCUT2D eigenvalue weighted by atomic mass is 16.5. The van der Waals surface area contributed by atoms with Crippen LogP contribution >= 0.6 is 0 Å². The van der Waals surface area contributed by atoms with Gasteiger partial charge in [-0.15, -0.1) is 0 Å². The summed E-state index contributed by atoms with van der Waals surface area (Å²) in [7, 11) is 5.77. The van der Waals surface area contributed by atoms with Crippen LogP contribution in [0.15, 0.2) is 18.2 Å². The van der Waals surface area contributed by atoms with Crippen molar-refractivity contribution in [1.29, 1.82) is 5.26 Å². The standard InChI is InChI=1S/C15H20N2O/c1-11-9-12(5-6-13(11)18-4)14(17(2)3)15(10-16)7-8-15/h5-6,9,14H,7-8H2,1-4H3. The van der Waals surface area contributed by atoms with Gasteiger partial charge in [0.2, 0.25) is 0 Å². The lowest BCUT2D eigenvalue weighted by atomic mass is 9.89. The van der Waals surface area contributed by atoms with E-state index in [0.717, 1.165) is 24.2 Å². The van der Waals surface area contributed by atoms with Crippen LogP contribution in [0.1, 0.15) is 30.0 Å². The van der Waals surface area contributed by atoms with E-state index in [0.29, 0.717) is 0 Å². The Kier molecular flexibility index (Phi) is 3.32. The Morgan fingerprint density at radius 2 is 2.06 bits per heavy atom. The van der Waals surface area contributed by atoms with Crippen molar-refractivity contribution in [1.82, 2.24) is 4.90 Å². The molecule has 1 aliphatic rings. The van der Waals surface area contributed by atoms with E-state index in [-0.39, 0.29) is 11.5 Å². The smallest absolute Gasteiger partial charge is 0.121 e. The van der Waals surface area contributed by atoms with Crippen molar-refractivity contribution in [3.8, 4) is 11.8 Å². The molecule has 1 fully saturated rings. The largest absolute Gasteiger partial charge is 0.496 e. The zero-order valence-electron chi connectivity index (χ0n) is 11.5. The maximum atomic E-state index is 9.41. The van der Waals surface area contributed by atoms with Crippen LogP contribution in [0.3, 0.4) is 0 Å². The van der Waals surface area contributed by atoms with Crippen LogP contribution in [-0.4, -0.2) is 26.1 Å². The molecule has 18 heavy (non-hydrogen) atoms. The molecule has 0 aliphatic heterocycles. The Balaban J connectivity index is 2.39. The minimum atomic E-state index is -0.190. The monoisotopic (exact) mass is 244 g/mol. The van der Waals surface area contributed by atoms with E-state index in [2.05, 4.69) is 23.1 Å². The van der Waals surface area contributed by atoms with Gasteiger partial charge in [-0.05, 0) is 51.1 Å². The fourth-order valence-corrected chi connectivity index (χ4v) is 2.76. The molecule has 1 unspecified atom stereocenters. The zero-order chi connectivity index (χ0) is 13.3. The minimum Gasteiger partial charge on any atom is -0.496 e. The summed E-state index contributed by atoms with van der Waals surface area (Å²) in [6.45, 7) is 2.04. The van der Waals surface area contributed by atoms with E-state index >= 15 is 0 Å². The number of nitrogens with zero attached hydrogens (tertiary/aromatic N) is 2. The first-order chi connectivity index (χ1) is 8.54. The van der Waals surface area contributed by atoms with Gasteiger partial charge in [0.25, 0.3) is 0 Å². The van der Waals surface area contributed by atoms with Gasteiger partial charge in [0.1, 0.15) is 5.75 Å². The number of hydrogen-bond acceptors (Lipinski definition) is 3. The number of ether oxygens (including phenoxy) is 1. The average molecular weight is 244 g/mol. The molecule has 0 heterocycles. The van der Waals surface area contributed by atoms with E-state index < -0.39 is 0 Å². The topological polar surface area (TPSA) is 36.3 Å². The summed E-state index contributed by atoms with van der Waals surface area (Å²) >= 11 is 0. The summed E-state index contributed by atoms with van der Waals surface area (Å²) < 4.78 is 5.29. The molecule has 0 saturated heterocycles. The maximum absolute atomic E-state index is 9.41. The second kappa shape index (κ2) is 4.62. The number of benzene rings is 1. The Labute approximate surface area is 109 Å². The highest BCUT2D eigenvalue weighted by Gasteiger charge is 2.51. The fraction of sp³-hybridized carbons (Fsp3) is 0.533. The highest BCUT2D eigenvalue weighted by molar-refractivity contribution is 5.39. The third-order valence-corrected chi connectivity index (χ3v) is 3.79. The molecule has 1 aromatic rings. The summed E-state index contributed by atoms with van der Waals surface area (Å²) in [5.41, 5.74) is 2.14. The Morgan fingerprint density at radius 3 is 2.44 bits per heavy atom. The highest BCUT2D eigenvalue weighted by Crippen LogP contribution is 2.56. The SMILES string of the molecule is COc1ccc(C(N(C)C)C2(C#N)CC2)cc1C. The molecular formula is C15H20N2O. The molecule has 0 N–H and O–H groups in total. The van der Waals surface area contributed by atoms with Gasteiger partial charge in [-0.2, -0.15) is 5.26 Å². The normalized spacial score (nSPS) is 18.2. The van der Waals surface area contributed by atoms with Crippen LogP contribution in [0.25, 0.3) is 0 Å². The van der Waals surface area contributed by atoms with Gasteiger partial charge in [-0.1, -0.05) is 12.1 Å². The quantitative estimate of drug-likeness (QED) is 0.817. The zero-order valence-corrected chi connectivity index (χ0v) is 11.5. The lowest BCUT2D eigenvalue weighted by molar-refractivity contribution is 0.232. The fourth-order valence-electron chi connectivity index (χ4n) is 2.76. The third kappa shape index (κ3) is 2.09. The Bertz CT molecular complexity index is 484. The number of rotatable bonds is 4. The van der Waals surface area contributed by atoms with Crippen molar-refractivity contribution >= 4 is 0 Å². The molecule has 1 aromatic carbocycles. The maximum Gasteiger partial charge on any atom is 0.121 e. The number of hydrogen-bond donors (Lipinski definition) is 0. The molecule has 3 heteroatoms. The van der Waals surface area contributed by atoms with Crippen LogP contribution < -0.4 is 4.74 Å². The van der Waals surface area contributed by atoms with Gasteiger partial charge in [0.05, 0.1) is 24.6 Å². The van der Waals surface area contributed by atoms with Gasteiger partial charge in [-0.25, -0.2) is 0 Å². The molecule has 2 rings (SSSR count). The number of aryl methyl sites for hydroxylation is 1. The predicted molar refractivity (Wildman–Crippen MR) is 71.4 cm³/mol. The van der Waals surface area contributed by atoms with E-state index in [1.54, 1.807) is 7.11 Å². The van der Waals surface area contributed by atoms with E-state index in [1.807, 2.05) is 27.1 Å². The van der Waals surface area contributed by atoms with Crippen LogP contribution in [0, 0.1) is 23.7 Å². The van der Waals surface area contributed by atoms with Crippen LogP contribution in [-0.2, 0) is 0 Å². The first-order valence-electron chi connectivity index (χ1n) is 6.26. The van der Waals surface area contributed by atoms with Crippen molar-refractivity contribution in [2.24, 2.45) is 5.41 Å². The molecule has 1 atom stereocenters. The second-order valence-electron chi connectivity index (χ2n) is 5.36. The number of methoxy groups -OCH3 is 1. The average Bonchev–Trinajstić information content (AvgIpc) is 3.10. The van der Waals surface area contributed by atoms with Crippen molar-refractivity contribution in [2.75, 3.05) is 21.2 Å². The van der Waals surface area contributed by atoms with Gasteiger partial charge < -0.3 is 9.64 Å². The van der Waals surface area contributed by atoms with Crippen LogP contribution in [0.2, 0.25) is 0 Å². The Morgan fingerprint density at radius 1 is 1.39 bits per heavy atom. The van der Waals surface area contributed by atoms with Gasteiger partial charge in [0, 0.05) is 0 Å². The van der Waals surface area contributed by atoms with Crippen LogP contribution in [0.5, 0.6) is 5.75 Å². The van der Waals surface area contributed by atoms with Crippen molar-refractivity contribution in [3.63, 3.8) is 0 Å². The summed E-state index contributed by atoms with van der Waals surface area (Å²) in [4.78, 5) is 2.15. The molecule has 96 valence electrons. The lowest BCUT2D eigenvalue weighted by Crippen LogP contribution is -2.28. The predicted octanol–water partition coefficient (Wildman–Crippen LogP) is 2.91. The van der Waals surface area contributed by atoms with Gasteiger partial charge in [-0.3, -0.25) is 0 Å². The van der Waals surface area contributed by atoms with Gasteiger partial charge >= 0.3 is 0 Å². The minimum absolute atomic E-state index is 0.173. The summed E-state index contributed by atoms with van der Waals surface area (Å²) in [5, 5.41) is 9.41. The van der Waals surface area contributed by atoms with Crippen molar-refractivity contribution < 1.29 is 4.74 Å². The molecule has 3 nitrogen and oxygen atoms in total. The van der Waals surface area contributed by atoms with Crippen molar-refractivity contribution in [2.45, 2.75) is 25.8 Å². The molecule has 0 bridgehead atoms. The first kappa shape index (κ1) is 12.9. The van der Waals surface area contributed by atoms with E-state index in [1.165, 1.54) is 5.56 Å². The van der Waals surface area contributed by atoms with Crippen LogP contribution in [0.4, 0.5) is 0 Å². The third-order valence-electron chi connectivity index (χ3n) is 3.79. The van der Waals surface area contributed by atoms with E-state index in [9.17, 15) is 5.26 Å². The van der Waals surface area contributed by atoms with Crippen molar-refractivity contribution in [3.05, 3.63) is 29.3 Å². The lowest BCUT2D eigenvalue weighted by Gasteiger charge is -2.29. The molecule has 0 radical (unpaired) electrons. The number of nitriles is 1. The molecule has 0 spiro atoms.